The summed E-state index contributed by atoms with van der Waals surface area (Å²) in [5.74, 6) is 0.665. The minimum absolute atomic E-state index is 0.251. The number of amides is 1. The van der Waals surface area contributed by atoms with E-state index in [1.54, 1.807) is 10.7 Å². The third-order valence-corrected chi connectivity index (χ3v) is 4.67. The van der Waals surface area contributed by atoms with E-state index in [2.05, 4.69) is 26.0 Å². The summed E-state index contributed by atoms with van der Waals surface area (Å²) < 4.78 is 7.98. The maximum atomic E-state index is 11.5. The van der Waals surface area contributed by atoms with E-state index in [1.165, 1.54) is 0 Å². The highest BCUT2D eigenvalue weighted by atomic mass is 79.9. The summed E-state index contributed by atoms with van der Waals surface area (Å²) in [6.07, 6.45) is 4.18. The van der Waals surface area contributed by atoms with E-state index in [4.69, 9.17) is 15.5 Å². The summed E-state index contributed by atoms with van der Waals surface area (Å²) in [7, 11) is 0. The molecule has 0 radical (unpaired) electrons. The van der Waals surface area contributed by atoms with Crippen molar-refractivity contribution in [2.24, 2.45) is 5.73 Å². The minimum Gasteiger partial charge on any atom is -0.436 e. The van der Waals surface area contributed by atoms with Gasteiger partial charge in [-0.25, -0.2) is 19.3 Å². The van der Waals surface area contributed by atoms with Gasteiger partial charge < -0.3 is 10.5 Å². The van der Waals surface area contributed by atoms with E-state index in [1.807, 2.05) is 20.8 Å². The maximum absolute atomic E-state index is 11.5. The molecule has 0 atom stereocenters. The number of carbonyl (C=O) groups excluding carboxylic acids is 1. The average Bonchev–Trinajstić information content (AvgIpc) is 3.05. The van der Waals surface area contributed by atoms with Crippen LogP contribution in [-0.2, 0) is 15.8 Å². The lowest BCUT2D eigenvalue weighted by atomic mass is 9.94. The second-order valence-corrected chi connectivity index (χ2v) is 7.79. The summed E-state index contributed by atoms with van der Waals surface area (Å²) >= 11 is 3.46. The van der Waals surface area contributed by atoms with Crippen LogP contribution in [0, 0.1) is 0 Å². The Balaban J connectivity index is 2.28. The Bertz CT molecular complexity index is 759. The molecule has 3 rings (SSSR count). The monoisotopic (exact) mass is 381 g/mol. The van der Waals surface area contributed by atoms with E-state index in [9.17, 15) is 4.79 Å². The number of fused-ring (bicyclic) bond motifs is 1. The molecule has 0 aromatic carbocycles. The van der Waals surface area contributed by atoms with Gasteiger partial charge in [-0.1, -0.05) is 20.8 Å². The number of aromatic nitrogens is 4. The average molecular weight is 382 g/mol. The van der Waals surface area contributed by atoms with E-state index < -0.39 is 11.7 Å². The Hall–Kier alpha value is -1.70. The van der Waals surface area contributed by atoms with Gasteiger partial charge in [-0.2, -0.15) is 0 Å². The van der Waals surface area contributed by atoms with Gasteiger partial charge in [-0.05, 0) is 41.6 Å². The molecule has 1 saturated carbocycles. The largest absolute Gasteiger partial charge is 0.436 e. The molecule has 1 aliphatic rings. The van der Waals surface area contributed by atoms with E-state index >= 15 is 0 Å². The Labute approximate surface area is 142 Å². The van der Waals surface area contributed by atoms with Crippen LogP contribution < -0.4 is 5.73 Å². The van der Waals surface area contributed by atoms with Crippen LogP contribution >= 0.6 is 15.9 Å². The zero-order valence-electron chi connectivity index (χ0n) is 13.5. The lowest BCUT2D eigenvalue weighted by Crippen LogP contribution is -2.35. The van der Waals surface area contributed by atoms with Crippen LogP contribution in [0.2, 0.25) is 0 Å². The summed E-state index contributed by atoms with van der Waals surface area (Å²) in [5, 5.41) is 4.57. The molecule has 7 nitrogen and oxygen atoms in total. The number of nitrogens with zero attached hydrogens (tertiary/aromatic N) is 4. The number of carbonyl (C=O) groups is 1. The van der Waals surface area contributed by atoms with Crippen molar-refractivity contribution in [3.8, 4) is 0 Å². The van der Waals surface area contributed by atoms with Crippen LogP contribution in [0.3, 0.4) is 0 Å². The Morgan fingerprint density at radius 1 is 1.39 bits per heavy atom. The molecule has 0 saturated heterocycles. The standard InChI is InChI=1S/C15H20BrN5O2/c1-14(2,3)12-19-10(11-18-8-9(16)21(11)20-12)15(23-13(17)22)6-4-5-7-15/h8H,4-7H2,1-3H3,(H2,17,22). The van der Waals surface area contributed by atoms with E-state index in [0.717, 1.165) is 17.4 Å². The number of halogens is 1. The van der Waals surface area contributed by atoms with Gasteiger partial charge in [-0.3, -0.25) is 0 Å². The van der Waals surface area contributed by atoms with Gasteiger partial charge in [0.1, 0.15) is 10.3 Å². The van der Waals surface area contributed by atoms with Crippen LogP contribution in [0.1, 0.15) is 58.0 Å². The fourth-order valence-corrected chi connectivity index (χ4v) is 3.35. The minimum atomic E-state index is -0.819. The molecule has 0 aliphatic heterocycles. The van der Waals surface area contributed by atoms with Crippen molar-refractivity contribution in [3.63, 3.8) is 0 Å². The highest BCUT2D eigenvalue weighted by Crippen LogP contribution is 2.43. The van der Waals surface area contributed by atoms with Gasteiger partial charge in [0.05, 0.1) is 6.20 Å². The van der Waals surface area contributed by atoms with Gasteiger partial charge in [-0.15, -0.1) is 5.10 Å². The molecule has 0 spiro atoms. The second kappa shape index (κ2) is 5.43. The summed E-state index contributed by atoms with van der Waals surface area (Å²) in [4.78, 5) is 20.6. The van der Waals surface area contributed by atoms with Crippen molar-refractivity contribution in [1.82, 2.24) is 19.6 Å². The first-order valence-electron chi connectivity index (χ1n) is 7.64. The van der Waals surface area contributed by atoms with Gasteiger partial charge in [0, 0.05) is 5.41 Å². The lowest BCUT2D eigenvalue weighted by molar-refractivity contribution is 0.0153. The van der Waals surface area contributed by atoms with Crippen LogP contribution in [0.15, 0.2) is 10.8 Å². The normalized spacial score (nSPS) is 17.6. The number of nitrogens with two attached hydrogens (primary N) is 1. The molecule has 8 heteroatoms. The SMILES string of the molecule is CC(C)(C)c1nc(C2(OC(N)=O)CCCC2)c2ncc(Br)n2n1. The van der Waals surface area contributed by atoms with Gasteiger partial charge in [0.15, 0.2) is 17.1 Å². The zero-order chi connectivity index (χ0) is 16.8. The molecule has 2 aromatic rings. The van der Waals surface area contributed by atoms with E-state index in [-0.39, 0.29) is 5.41 Å². The fourth-order valence-electron chi connectivity index (χ4n) is 3.00. The second-order valence-electron chi connectivity index (χ2n) is 6.97. The first-order valence-corrected chi connectivity index (χ1v) is 8.43. The van der Waals surface area contributed by atoms with Gasteiger partial charge in [0.2, 0.25) is 0 Å². The number of rotatable bonds is 2. The maximum Gasteiger partial charge on any atom is 0.405 e. The molecule has 1 amide bonds. The zero-order valence-corrected chi connectivity index (χ0v) is 15.1. The van der Waals surface area contributed by atoms with Crippen LogP contribution in [0.5, 0.6) is 0 Å². The third-order valence-electron chi connectivity index (χ3n) is 4.13. The number of ether oxygens (including phenoxy) is 1. The third kappa shape index (κ3) is 2.80. The predicted octanol–water partition coefficient (Wildman–Crippen LogP) is 3.05. The van der Waals surface area contributed by atoms with Crippen molar-refractivity contribution in [1.29, 1.82) is 0 Å². The molecule has 1 aliphatic carbocycles. The molecular formula is C15H20BrN5O2. The molecule has 23 heavy (non-hydrogen) atoms. The quantitative estimate of drug-likeness (QED) is 0.861. The molecular weight excluding hydrogens is 362 g/mol. The molecule has 124 valence electrons. The van der Waals surface area contributed by atoms with Crippen molar-refractivity contribution in [3.05, 3.63) is 22.3 Å². The van der Waals surface area contributed by atoms with Crippen LogP contribution in [0.25, 0.3) is 5.65 Å². The fraction of sp³-hybridized carbons (Fsp3) is 0.600. The van der Waals surface area contributed by atoms with Crippen LogP contribution in [-0.4, -0.2) is 25.7 Å². The lowest BCUT2D eigenvalue weighted by Gasteiger charge is -2.29. The molecule has 0 unspecified atom stereocenters. The first-order chi connectivity index (χ1) is 10.7. The predicted molar refractivity (Wildman–Crippen MR) is 88.0 cm³/mol. The smallest absolute Gasteiger partial charge is 0.405 e. The van der Waals surface area contributed by atoms with Crippen molar-refractivity contribution in [2.75, 3.05) is 0 Å². The highest BCUT2D eigenvalue weighted by molar-refractivity contribution is 9.10. The summed E-state index contributed by atoms with van der Waals surface area (Å²) in [6.45, 7) is 6.12. The summed E-state index contributed by atoms with van der Waals surface area (Å²) in [5.41, 5.74) is 5.49. The van der Waals surface area contributed by atoms with Gasteiger partial charge >= 0.3 is 6.09 Å². The Morgan fingerprint density at radius 2 is 2.04 bits per heavy atom. The highest BCUT2D eigenvalue weighted by Gasteiger charge is 2.43. The van der Waals surface area contributed by atoms with Gasteiger partial charge in [0.25, 0.3) is 0 Å². The van der Waals surface area contributed by atoms with Crippen LogP contribution in [0.4, 0.5) is 4.79 Å². The van der Waals surface area contributed by atoms with Crippen molar-refractivity contribution < 1.29 is 9.53 Å². The molecule has 0 bridgehead atoms. The van der Waals surface area contributed by atoms with Crippen molar-refractivity contribution >= 4 is 27.7 Å². The Kier molecular flexibility index (Phi) is 3.82. The first kappa shape index (κ1) is 16.2. The molecule has 2 heterocycles. The number of imidazole rings is 1. The topological polar surface area (TPSA) is 95.4 Å². The molecule has 2 aromatic heterocycles. The number of hydrogen-bond donors (Lipinski definition) is 1. The number of hydrogen-bond acceptors (Lipinski definition) is 5. The molecule has 2 N–H and O–H groups in total. The Morgan fingerprint density at radius 3 is 2.61 bits per heavy atom. The molecule has 1 fully saturated rings. The van der Waals surface area contributed by atoms with Crippen molar-refractivity contribution in [2.45, 2.75) is 57.5 Å². The number of primary amides is 1. The van der Waals surface area contributed by atoms with E-state index in [0.29, 0.717) is 30.0 Å². The summed E-state index contributed by atoms with van der Waals surface area (Å²) in [6, 6.07) is 0.